The summed E-state index contributed by atoms with van der Waals surface area (Å²) >= 11 is 0. The van der Waals surface area contributed by atoms with Crippen LogP contribution in [0.1, 0.15) is 17.2 Å². The average Bonchev–Trinajstić information content (AvgIpc) is 2.99. The van der Waals surface area contributed by atoms with Crippen molar-refractivity contribution in [3.63, 3.8) is 0 Å². The van der Waals surface area contributed by atoms with Crippen LogP contribution in [0.15, 0.2) is 48.5 Å². The largest absolute Gasteiger partial charge is 0.473 e. The summed E-state index contributed by atoms with van der Waals surface area (Å²) in [5.74, 6) is 2.99. The fourth-order valence-electron chi connectivity index (χ4n) is 3.29. The minimum atomic E-state index is 0.580. The summed E-state index contributed by atoms with van der Waals surface area (Å²) in [4.78, 5) is 4.68. The number of piperidine rings is 1. The lowest BCUT2D eigenvalue weighted by Gasteiger charge is -2.08. The van der Waals surface area contributed by atoms with Crippen molar-refractivity contribution >= 4 is 0 Å². The number of rotatable bonds is 4. The average molecular weight is 266 g/mol. The molecule has 102 valence electrons. The molecule has 0 radical (unpaired) electrons. The van der Waals surface area contributed by atoms with Gasteiger partial charge in [-0.1, -0.05) is 36.4 Å². The van der Waals surface area contributed by atoms with Crippen LogP contribution in [-0.4, -0.2) is 18.1 Å². The van der Waals surface area contributed by atoms with E-state index in [1.807, 2.05) is 24.3 Å². The first-order valence-electron chi connectivity index (χ1n) is 7.26. The van der Waals surface area contributed by atoms with Crippen molar-refractivity contribution in [3.05, 3.63) is 59.8 Å². The number of benzene rings is 1. The predicted molar refractivity (Wildman–Crippen MR) is 77.6 cm³/mol. The number of aromatic nitrogens is 1. The van der Waals surface area contributed by atoms with Gasteiger partial charge in [-0.15, -0.1) is 0 Å². The highest BCUT2D eigenvalue weighted by atomic mass is 16.5. The summed E-state index contributed by atoms with van der Waals surface area (Å²) in [6.07, 6.45) is 0. The van der Waals surface area contributed by atoms with Gasteiger partial charge in [0.2, 0.25) is 5.88 Å². The first-order chi connectivity index (χ1) is 9.92. The van der Waals surface area contributed by atoms with Gasteiger partial charge in [0.05, 0.1) is 0 Å². The van der Waals surface area contributed by atoms with Crippen LogP contribution < -0.4 is 10.1 Å². The van der Waals surface area contributed by atoms with E-state index in [1.54, 1.807) is 0 Å². The van der Waals surface area contributed by atoms with Crippen molar-refractivity contribution in [2.45, 2.75) is 12.5 Å². The molecule has 0 amide bonds. The van der Waals surface area contributed by atoms with Crippen molar-refractivity contribution in [2.75, 3.05) is 13.1 Å². The smallest absolute Gasteiger partial charge is 0.213 e. The van der Waals surface area contributed by atoms with Gasteiger partial charge in [0.25, 0.3) is 0 Å². The Morgan fingerprint density at radius 2 is 1.80 bits per heavy atom. The molecule has 1 saturated carbocycles. The number of pyridine rings is 1. The highest BCUT2D eigenvalue weighted by molar-refractivity contribution is 5.28. The quantitative estimate of drug-likeness (QED) is 0.923. The number of nitrogens with one attached hydrogen (secondary N) is 1. The highest BCUT2D eigenvalue weighted by Gasteiger charge is 2.54. The minimum Gasteiger partial charge on any atom is -0.473 e. The Morgan fingerprint density at radius 3 is 2.60 bits per heavy atom. The molecular formula is C17H18N2O. The molecule has 0 unspecified atom stereocenters. The Bertz CT molecular complexity index is 589. The van der Waals surface area contributed by atoms with E-state index in [1.165, 1.54) is 11.3 Å². The molecule has 1 aliphatic heterocycles. The molecule has 2 aliphatic rings. The Labute approximate surface area is 119 Å². The van der Waals surface area contributed by atoms with Gasteiger partial charge in [0, 0.05) is 17.7 Å². The summed E-state index contributed by atoms with van der Waals surface area (Å²) in [6, 6.07) is 16.4. The van der Waals surface area contributed by atoms with Crippen LogP contribution in [0.3, 0.4) is 0 Å². The topological polar surface area (TPSA) is 34.1 Å². The Morgan fingerprint density at radius 1 is 1.00 bits per heavy atom. The third-order valence-corrected chi connectivity index (χ3v) is 4.41. The van der Waals surface area contributed by atoms with E-state index in [2.05, 4.69) is 34.6 Å². The second-order valence-electron chi connectivity index (χ2n) is 5.69. The molecule has 3 atom stereocenters. The van der Waals surface area contributed by atoms with Gasteiger partial charge < -0.3 is 10.1 Å². The van der Waals surface area contributed by atoms with Crippen LogP contribution in [0, 0.1) is 11.8 Å². The van der Waals surface area contributed by atoms with Crippen LogP contribution in [0.2, 0.25) is 0 Å². The van der Waals surface area contributed by atoms with Gasteiger partial charge in [-0.3, -0.25) is 0 Å². The zero-order chi connectivity index (χ0) is 13.4. The minimum absolute atomic E-state index is 0.580. The Hall–Kier alpha value is -1.87. The van der Waals surface area contributed by atoms with Crippen LogP contribution in [0.5, 0.6) is 5.88 Å². The fraction of sp³-hybridized carbons (Fsp3) is 0.353. The summed E-state index contributed by atoms with van der Waals surface area (Å²) in [5, 5.41) is 3.42. The van der Waals surface area contributed by atoms with Crippen LogP contribution >= 0.6 is 0 Å². The van der Waals surface area contributed by atoms with E-state index >= 15 is 0 Å². The summed E-state index contributed by atoms with van der Waals surface area (Å²) in [6.45, 7) is 2.87. The van der Waals surface area contributed by atoms with Crippen molar-refractivity contribution in [3.8, 4) is 5.88 Å². The van der Waals surface area contributed by atoms with E-state index in [4.69, 9.17) is 4.74 Å². The number of nitrogens with zero attached hydrogens (tertiary/aromatic N) is 1. The molecule has 0 spiro atoms. The zero-order valence-electron chi connectivity index (χ0n) is 11.3. The van der Waals surface area contributed by atoms with Gasteiger partial charge in [-0.2, -0.15) is 0 Å². The van der Waals surface area contributed by atoms with Gasteiger partial charge in [-0.05, 0) is 36.6 Å². The maximum Gasteiger partial charge on any atom is 0.213 e. The van der Waals surface area contributed by atoms with Gasteiger partial charge in [-0.25, -0.2) is 4.98 Å². The molecule has 2 heterocycles. The van der Waals surface area contributed by atoms with E-state index in [0.29, 0.717) is 12.5 Å². The summed E-state index contributed by atoms with van der Waals surface area (Å²) < 4.78 is 5.81. The number of hydrogen-bond donors (Lipinski definition) is 1. The van der Waals surface area contributed by atoms with Crippen molar-refractivity contribution in [2.24, 2.45) is 11.8 Å². The molecule has 0 bridgehead atoms. The summed E-state index contributed by atoms with van der Waals surface area (Å²) in [5.41, 5.74) is 2.37. The Balaban J connectivity index is 1.44. The molecule has 2 fully saturated rings. The number of ether oxygens (including phenoxy) is 1. The molecule has 1 aromatic heterocycles. The molecule has 1 aliphatic carbocycles. The molecule has 2 aromatic rings. The molecule has 4 rings (SSSR count). The normalized spacial score (nSPS) is 27.1. The van der Waals surface area contributed by atoms with E-state index < -0.39 is 0 Å². The second kappa shape index (κ2) is 4.91. The third kappa shape index (κ3) is 2.18. The summed E-state index contributed by atoms with van der Waals surface area (Å²) in [7, 11) is 0. The van der Waals surface area contributed by atoms with Gasteiger partial charge in [0.1, 0.15) is 6.61 Å². The van der Waals surface area contributed by atoms with Crippen molar-refractivity contribution in [1.29, 1.82) is 0 Å². The van der Waals surface area contributed by atoms with Crippen LogP contribution in [0.4, 0.5) is 0 Å². The predicted octanol–water partition coefficient (Wildman–Crippen LogP) is 2.59. The lowest BCUT2D eigenvalue weighted by atomic mass is 10.2. The standard InChI is InChI=1S/C17H18N2O/c1-2-5-12(6-3-1)11-20-16-8-4-7-15(19-16)17-13-9-18-10-14(13)17/h1-8,13-14,17-18H,9-11H2/t13-,14+,17-. The zero-order valence-corrected chi connectivity index (χ0v) is 11.3. The number of fused-ring (bicyclic) bond motifs is 1. The molecule has 3 heteroatoms. The first kappa shape index (κ1) is 11.9. The molecular weight excluding hydrogens is 248 g/mol. The van der Waals surface area contributed by atoms with E-state index in [9.17, 15) is 0 Å². The SMILES string of the molecule is c1ccc(COc2cccc([C@@H]3[C@@H]4CNC[C@@H]43)n2)cc1. The van der Waals surface area contributed by atoms with Crippen molar-refractivity contribution in [1.82, 2.24) is 10.3 Å². The molecule has 1 saturated heterocycles. The lowest BCUT2D eigenvalue weighted by Crippen LogP contribution is -2.14. The first-order valence-corrected chi connectivity index (χ1v) is 7.26. The molecule has 1 N–H and O–H groups in total. The Kier molecular flexibility index (Phi) is 2.92. The molecule has 3 nitrogen and oxygen atoms in total. The van der Waals surface area contributed by atoms with Crippen LogP contribution in [0.25, 0.3) is 0 Å². The van der Waals surface area contributed by atoms with Crippen LogP contribution in [-0.2, 0) is 6.61 Å². The third-order valence-electron chi connectivity index (χ3n) is 4.41. The second-order valence-corrected chi connectivity index (χ2v) is 5.69. The van der Waals surface area contributed by atoms with Gasteiger partial charge in [0.15, 0.2) is 0 Å². The van der Waals surface area contributed by atoms with Crippen molar-refractivity contribution < 1.29 is 4.74 Å². The van der Waals surface area contributed by atoms with E-state index in [0.717, 1.165) is 30.8 Å². The fourth-order valence-corrected chi connectivity index (χ4v) is 3.29. The highest BCUT2D eigenvalue weighted by Crippen LogP contribution is 2.55. The molecule has 1 aromatic carbocycles. The van der Waals surface area contributed by atoms with Gasteiger partial charge >= 0.3 is 0 Å². The van der Waals surface area contributed by atoms with E-state index in [-0.39, 0.29) is 0 Å². The maximum absolute atomic E-state index is 5.81. The lowest BCUT2D eigenvalue weighted by molar-refractivity contribution is 0.293. The molecule has 20 heavy (non-hydrogen) atoms. The number of hydrogen-bond acceptors (Lipinski definition) is 3. The monoisotopic (exact) mass is 266 g/mol. The maximum atomic E-state index is 5.81.